The number of hydrogen-bond acceptors (Lipinski definition) is 3. The maximum absolute atomic E-state index is 10.9. The lowest BCUT2D eigenvalue weighted by atomic mass is 10.3. The highest BCUT2D eigenvalue weighted by atomic mass is 16.5. The summed E-state index contributed by atoms with van der Waals surface area (Å²) in [6, 6.07) is 0. The summed E-state index contributed by atoms with van der Waals surface area (Å²) in [7, 11) is 0. The first kappa shape index (κ1) is 10.2. The van der Waals surface area contributed by atoms with Gasteiger partial charge in [-0.05, 0) is 20.8 Å². The van der Waals surface area contributed by atoms with Crippen molar-refractivity contribution >= 4 is 5.97 Å². The Labute approximate surface area is 66.7 Å². The summed E-state index contributed by atoms with van der Waals surface area (Å²) in [5.74, 6) is -0.367. The van der Waals surface area contributed by atoms with Crippen LogP contribution < -0.4 is 0 Å². The highest BCUT2D eigenvalue weighted by Gasteiger charge is 2.05. The van der Waals surface area contributed by atoms with E-state index >= 15 is 0 Å². The monoisotopic (exact) mass is 158 g/mol. The fraction of sp³-hybridized carbons (Fsp3) is 0.625. The zero-order chi connectivity index (χ0) is 8.85. The van der Waals surface area contributed by atoms with Crippen molar-refractivity contribution in [1.29, 1.82) is 0 Å². The van der Waals surface area contributed by atoms with Crippen LogP contribution in [0.1, 0.15) is 20.8 Å². The molecule has 0 saturated heterocycles. The minimum atomic E-state index is -0.594. The van der Waals surface area contributed by atoms with E-state index < -0.39 is 6.10 Å². The molecule has 0 aromatic rings. The molecule has 3 nitrogen and oxygen atoms in total. The van der Waals surface area contributed by atoms with E-state index in [1.807, 2.05) is 0 Å². The number of aliphatic hydroxyl groups excluding tert-OH is 1. The molecule has 64 valence electrons. The Kier molecular flexibility index (Phi) is 4.54. The standard InChI is InChI=1S/C8H14O3/c1-4-6(2)8(10)11-5-7(3)9/h4,7,9H,5H2,1-3H3/b6-4+. The van der Waals surface area contributed by atoms with Gasteiger partial charge in [0.1, 0.15) is 6.61 Å². The number of ether oxygens (including phenoxy) is 1. The molecule has 11 heavy (non-hydrogen) atoms. The Bertz CT molecular complexity index is 159. The first-order chi connectivity index (χ1) is 5.07. The maximum Gasteiger partial charge on any atom is 0.333 e. The number of esters is 1. The van der Waals surface area contributed by atoms with Gasteiger partial charge >= 0.3 is 5.97 Å². The van der Waals surface area contributed by atoms with Crippen LogP contribution in [0.15, 0.2) is 11.6 Å². The normalized spacial score (nSPS) is 14.4. The maximum atomic E-state index is 10.9. The van der Waals surface area contributed by atoms with Crippen LogP contribution in [0.4, 0.5) is 0 Å². The van der Waals surface area contributed by atoms with Crippen molar-refractivity contribution in [3.63, 3.8) is 0 Å². The second-order valence-corrected chi connectivity index (χ2v) is 2.42. The Morgan fingerprint density at radius 1 is 1.73 bits per heavy atom. The molecule has 0 bridgehead atoms. The predicted octanol–water partition coefficient (Wildman–Crippen LogP) is 0.877. The lowest BCUT2D eigenvalue weighted by Crippen LogP contribution is -2.15. The fourth-order valence-corrected chi connectivity index (χ4v) is 0.428. The molecule has 1 unspecified atom stereocenters. The van der Waals surface area contributed by atoms with E-state index in [4.69, 9.17) is 9.84 Å². The molecule has 0 spiro atoms. The topological polar surface area (TPSA) is 46.5 Å². The molecule has 0 fully saturated rings. The molecule has 0 amide bonds. The van der Waals surface area contributed by atoms with Crippen molar-refractivity contribution in [2.24, 2.45) is 0 Å². The Morgan fingerprint density at radius 3 is 2.64 bits per heavy atom. The largest absolute Gasteiger partial charge is 0.460 e. The summed E-state index contributed by atoms with van der Waals surface area (Å²) in [5.41, 5.74) is 0.561. The second kappa shape index (κ2) is 4.91. The summed E-state index contributed by atoms with van der Waals surface area (Å²) in [5, 5.41) is 8.76. The van der Waals surface area contributed by atoms with Crippen LogP contribution in [0.2, 0.25) is 0 Å². The van der Waals surface area contributed by atoms with Crippen LogP contribution in [0.25, 0.3) is 0 Å². The van der Waals surface area contributed by atoms with Gasteiger partial charge in [-0.2, -0.15) is 0 Å². The third-order valence-electron chi connectivity index (χ3n) is 1.21. The van der Waals surface area contributed by atoms with Crippen molar-refractivity contribution in [1.82, 2.24) is 0 Å². The van der Waals surface area contributed by atoms with Gasteiger partial charge in [0.15, 0.2) is 0 Å². The van der Waals surface area contributed by atoms with Crippen molar-refractivity contribution in [3.05, 3.63) is 11.6 Å². The molecule has 1 atom stereocenters. The highest BCUT2D eigenvalue weighted by molar-refractivity contribution is 5.87. The van der Waals surface area contributed by atoms with E-state index in [-0.39, 0.29) is 12.6 Å². The van der Waals surface area contributed by atoms with Crippen LogP contribution in [0.5, 0.6) is 0 Å². The van der Waals surface area contributed by atoms with Crippen molar-refractivity contribution in [2.45, 2.75) is 26.9 Å². The third-order valence-corrected chi connectivity index (χ3v) is 1.21. The van der Waals surface area contributed by atoms with Crippen molar-refractivity contribution < 1.29 is 14.6 Å². The van der Waals surface area contributed by atoms with E-state index in [9.17, 15) is 4.79 Å². The first-order valence-corrected chi connectivity index (χ1v) is 3.56. The molecule has 0 aliphatic heterocycles. The van der Waals surface area contributed by atoms with Gasteiger partial charge < -0.3 is 9.84 Å². The Balaban J connectivity index is 3.71. The van der Waals surface area contributed by atoms with Crippen LogP contribution >= 0.6 is 0 Å². The van der Waals surface area contributed by atoms with Gasteiger partial charge in [-0.25, -0.2) is 4.79 Å². The first-order valence-electron chi connectivity index (χ1n) is 3.56. The number of allylic oxidation sites excluding steroid dienone is 1. The summed E-state index contributed by atoms with van der Waals surface area (Å²) >= 11 is 0. The molecule has 0 saturated carbocycles. The van der Waals surface area contributed by atoms with Gasteiger partial charge in [0.2, 0.25) is 0 Å². The molecule has 0 rings (SSSR count). The van der Waals surface area contributed by atoms with Crippen molar-refractivity contribution in [2.75, 3.05) is 6.61 Å². The van der Waals surface area contributed by atoms with Crippen LogP contribution in [-0.2, 0) is 9.53 Å². The zero-order valence-corrected chi connectivity index (χ0v) is 7.13. The number of carbonyl (C=O) groups is 1. The van der Waals surface area contributed by atoms with Gasteiger partial charge in [0.25, 0.3) is 0 Å². The van der Waals surface area contributed by atoms with Gasteiger partial charge in [-0.3, -0.25) is 0 Å². The van der Waals surface area contributed by atoms with Crippen LogP contribution in [0, 0.1) is 0 Å². The number of rotatable bonds is 3. The third kappa shape index (κ3) is 4.56. The van der Waals surface area contributed by atoms with E-state index in [0.29, 0.717) is 5.57 Å². The quantitative estimate of drug-likeness (QED) is 0.490. The lowest BCUT2D eigenvalue weighted by molar-refractivity contribution is -0.141. The SMILES string of the molecule is C/C=C(\C)C(=O)OCC(C)O. The molecule has 0 aliphatic rings. The molecule has 0 aromatic carbocycles. The number of aliphatic hydroxyl groups is 1. The van der Waals surface area contributed by atoms with Gasteiger partial charge in [-0.15, -0.1) is 0 Å². The minimum Gasteiger partial charge on any atom is -0.460 e. The summed E-state index contributed by atoms with van der Waals surface area (Å²) in [6.07, 6.45) is 1.08. The average molecular weight is 158 g/mol. The Morgan fingerprint density at radius 2 is 2.27 bits per heavy atom. The summed E-state index contributed by atoms with van der Waals surface area (Å²) < 4.78 is 4.70. The summed E-state index contributed by atoms with van der Waals surface area (Å²) in [6.45, 7) is 5.06. The minimum absolute atomic E-state index is 0.0595. The zero-order valence-electron chi connectivity index (χ0n) is 7.13. The second-order valence-electron chi connectivity index (χ2n) is 2.42. The number of hydrogen-bond donors (Lipinski definition) is 1. The van der Waals surface area contributed by atoms with Crippen LogP contribution in [-0.4, -0.2) is 23.8 Å². The smallest absolute Gasteiger partial charge is 0.333 e. The van der Waals surface area contributed by atoms with E-state index in [1.165, 1.54) is 0 Å². The van der Waals surface area contributed by atoms with E-state index in [1.54, 1.807) is 26.8 Å². The van der Waals surface area contributed by atoms with Crippen LogP contribution in [0.3, 0.4) is 0 Å². The number of carbonyl (C=O) groups excluding carboxylic acids is 1. The Hall–Kier alpha value is -0.830. The molecule has 0 radical (unpaired) electrons. The molecule has 3 heteroatoms. The molecule has 1 N–H and O–H groups in total. The molecular formula is C8H14O3. The molecule has 0 aromatic heterocycles. The van der Waals surface area contributed by atoms with Gasteiger partial charge in [0, 0.05) is 5.57 Å². The molecule has 0 aliphatic carbocycles. The molecular weight excluding hydrogens is 144 g/mol. The van der Waals surface area contributed by atoms with E-state index in [0.717, 1.165) is 0 Å². The highest BCUT2D eigenvalue weighted by Crippen LogP contribution is 1.96. The lowest BCUT2D eigenvalue weighted by Gasteiger charge is -2.05. The average Bonchev–Trinajstić information content (AvgIpc) is 1.98. The summed E-state index contributed by atoms with van der Waals surface area (Å²) in [4.78, 5) is 10.9. The van der Waals surface area contributed by atoms with E-state index in [2.05, 4.69) is 0 Å². The molecule has 0 heterocycles. The fourth-order valence-electron chi connectivity index (χ4n) is 0.428. The van der Waals surface area contributed by atoms with Crippen molar-refractivity contribution in [3.8, 4) is 0 Å². The van der Waals surface area contributed by atoms with Gasteiger partial charge in [-0.1, -0.05) is 6.08 Å². The predicted molar refractivity (Wildman–Crippen MR) is 42.1 cm³/mol. The van der Waals surface area contributed by atoms with Gasteiger partial charge in [0.05, 0.1) is 6.10 Å².